The van der Waals surface area contributed by atoms with Gasteiger partial charge in [-0.25, -0.2) is 4.79 Å². The van der Waals surface area contributed by atoms with E-state index < -0.39 is 97.3 Å². The smallest absolute Gasteiger partial charge is 0.326 e. The molecule has 192 valence electrons. The lowest BCUT2D eigenvalue weighted by Gasteiger charge is -2.25. The number of carboxylic acids is 3. The Bertz CT molecular complexity index is 800. The van der Waals surface area contributed by atoms with Crippen molar-refractivity contribution in [3.63, 3.8) is 0 Å². The van der Waals surface area contributed by atoms with Crippen LogP contribution < -0.4 is 27.4 Å². The summed E-state index contributed by atoms with van der Waals surface area (Å²) in [4.78, 5) is 81.8. The predicted octanol–water partition coefficient (Wildman–Crippen LogP) is -2.89. The van der Waals surface area contributed by atoms with Crippen molar-refractivity contribution in [1.29, 1.82) is 0 Å². The monoisotopic (exact) mass is 489 g/mol. The van der Waals surface area contributed by atoms with Gasteiger partial charge < -0.3 is 42.7 Å². The Hall–Kier alpha value is -3.75. The van der Waals surface area contributed by atoms with Gasteiger partial charge in [-0.3, -0.25) is 28.8 Å². The highest BCUT2D eigenvalue weighted by Gasteiger charge is 2.32. The molecule has 0 saturated carbocycles. The highest BCUT2D eigenvalue weighted by atomic mass is 16.4. The molecule has 0 aromatic rings. The fourth-order valence-electron chi connectivity index (χ4n) is 2.68. The Morgan fingerprint density at radius 1 is 0.735 bits per heavy atom. The maximum atomic E-state index is 12.7. The summed E-state index contributed by atoms with van der Waals surface area (Å²) in [6.07, 6.45) is -2.39. The molecule has 0 aliphatic rings. The number of carboxylic acid groups (broad SMARTS) is 3. The molecule has 0 heterocycles. The zero-order valence-electron chi connectivity index (χ0n) is 18.8. The number of nitrogens with one attached hydrogen (secondary N) is 3. The van der Waals surface area contributed by atoms with E-state index in [0.29, 0.717) is 0 Å². The van der Waals surface area contributed by atoms with Crippen molar-refractivity contribution < 1.29 is 48.9 Å². The van der Waals surface area contributed by atoms with Gasteiger partial charge in [-0.1, -0.05) is 13.8 Å². The minimum atomic E-state index is -1.61. The minimum absolute atomic E-state index is 0.262. The van der Waals surface area contributed by atoms with Gasteiger partial charge in [0.25, 0.3) is 0 Å². The zero-order valence-corrected chi connectivity index (χ0v) is 18.8. The van der Waals surface area contributed by atoms with Gasteiger partial charge in [0, 0.05) is 12.8 Å². The molecule has 0 radical (unpaired) electrons. The maximum Gasteiger partial charge on any atom is 0.326 e. The normalized spacial score (nSPS) is 14.2. The van der Waals surface area contributed by atoms with Crippen LogP contribution in [0.1, 0.15) is 46.0 Å². The largest absolute Gasteiger partial charge is 0.481 e. The van der Waals surface area contributed by atoms with Gasteiger partial charge in [0.05, 0.1) is 12.5 Å². The molecule has 34 heavy (non-hydrogen) atoms. The van der Waals surface area contributed by atoms with Crippen molar-refractivity contribution in [3.8, 4) is 0 Å². The number of nitrogens with two attached hydrogens (primary N) is 2. The Balaban J connectivity index is 5.56. The molecule has 0 rings (SSSR count). The van der Waals surface area contributed by atoms with Crippen LogP contribution in [0.3, 0.4) is 0 Å². The van der Waals surface area contributed by atoms with E-state index in [0.717, 1.165) is 0 Å². The molecule has 0 bridgehead atoms. The summed E-state index contributed by atoms with van der Waals surface area (Å²) in [5, 5.41) is 33.4. The van der Waals surface area contributed by atoms with Gasteiger partial charge >= 0.3 is 17.9 Å². The second kappa shape index (κ2) is 14.4. The number of amides is 4. The van der Waals surface area contributed by atoms with E-state index >= 15 is 0 Å². The first-order valence-electron chi connectivity index (χ1n) is 10.3. The standard InChI is InChI=1S/C19H31N5O10/c1-8(2)15(19(33)34)24-17(31)10(4-6-14(28)29)22-18(32)11(7-12(21)25)23-16(30)9(20)3-5-13(26)27/h8-11,15H,3-7,20H2,1-2H3,(H2,21,25)(H,22,32)(H,23,30)(H,24,31)(H,26,27)(H,28,29)(H,33,34). The van der Waals surface area contributed by atoms with Crippen LogP contribution in [0.2, 0.25) is 0 Å². The van der Waals surface area contributed by atoms with Gasteiger partial charge in [0.15, 0.2) is 0 Å². The zero-order chi connectivity index (χ0) is 26.6. The van der Waals surface area contributed by atoms with E-state index in [4.69, 9.17) is 21.7 Å². The van der Waals surface area contributed by atoms with E-state index in [-0.39, 0.29) is 6.42 Å². The number of hydrogen-bond acceptors (Lipinski definition) is 8. The maximum absolute atomic E-state index is 12.7. The Labute approximate surface area is 194 Å². The van der Waals surface area contributed by atoms with Crippen LogP contribution in [0.25, 0.3) is 0 Å². The van der Waals surface area contributed by atoms with Gasteiger partial charge in [-0.2, -0.15) is 0 Å². The minimum Gasteiger partial charge on any atom is -0.481 e. The summed E-state index contributed by atoms with van der Waals surface area (Å²) >= 11 is 0. The van der Waals surface area contributed by atoms with E-state index in [1.54, 1.807) is 0 Å². The molecule has 0 saturated heterocycles. The number of rotatable bonds is 16. The average Bonchev–Trinajstić information content (AvgIpc) is 2.70. The second-order valence-corrected chi connectivity index (χ2v) is 7.83. The van der Waals surface area contributed by atoms with Gasteiger partial charge in [-0.05, 0) is 18.8 Å². The summed E-state index contributed by atoms with van der Waals surface area (Å²) in [5.74, 6) is -8.42. The van der Waals surface area contributed by atoms with E-state index in [9.17, 15) is 38.7 Å². The molecule has 0 aromatic heterocycles. The van der Waals surface area contributed by atoms with Crippen molar-refractivity contribution in [3.05, 3.63) is 0 Å². The molecule has 0 aliphatic heterocycles. The van der Waals surface area contributed by atoms with Crippen molar-refractivity contribution >= 4 is 41.5 Å². The van der Waals surface area contributed by atoms with Gasteiger partial charge in [0.2, 0.25) is 23.6 Å². The van der Waals surface area contributed by atoms with E-state index in [1.807, 2.05) is 0 Å². The summed E-state index contributed by atoms with van der Waals surface area (Å²) < 4.78 is 0. The Morgan fingerprint density at radius 3 is 1.65 bits per heavy atom. The molecule has 4 atom stereocenters. The number of carbonyl (C=O) groups is 7. The van der Waals surface area contributed by atoms with E-state index in [2.05, 4.69) is 16.0 Å². The molecule has 0 fully saturated rings. The number of carbonyl (C=O) groups excluding carboxylic acids is 4. The van der Waals surface area contributed by atoms with Crippen molar-refractivity contribution in [2.24, 2.45) is 17.4 Å². The van der Waals surface area contributed by atoms with Crippen LogP contribution in [0, 0.1) is 5.92 Å². The summed E-state index contributed by atoms with van der Waals surface area (Å²) in [7, 11) is 0. The molecule has 10 N–H and O–H groups in total. The van der Waals surface area contributed by atoms with Crippen LogP contribution in [-0.2, 0) is 33.6 Å². The Kier molecular flexibility index (Phi) is 12.8. The molecule has 15 nitrogen and oxygen atoms in total. The van der Waals surface area contributed by atoms with Crippen molar-refractivity contribution in [1.82, 2.24) is 16.0 Å². The van der Waals surface area contributed by atoms with E-state index in [1.165, 1.54) is 13.8 Å². The summed E-state index contributed by atoms with van der Waals surface area (Å²) in [6.45, 7) is 3.05. The molecular weight excluding hydrogens is 458 g/mol. The first-order chi connectivity index (χ1) is 15.6. The van der Waals surface area contributed by atoms with Crippen molar-refractivity contribution in [2.75, 3.05) is 0 Å². The highest BCUT2D eigenvalue weighted by Crippen LogP contribution is 2.06. The quantitative estimate of drug-likeness (QED) is 0.109. The van der Waals surface area contributed by atoms with Crippen LogP contribution in [0.15, 0.2) is 0 Å². The molecular formula is C19H31N5O10. The lowest BCUT2D eigenvalue weighted by molar-refractivity contribution is -0.144. The first kappa shape index (κ1) is 30.2. The average molecular weight is 489 g/mol. The lowest BCUT2D eigenvalue weighted by Crippen LogP contribution is -2.58. The van der Waals surface area contributed by atoms with Crippen LogP contribution in [0.4, 0.5) is 0 Å². The lowest BCUT2D eigenvalue weighted by atomic mass is 10.0. The Morgan fingerprint density at radius 2 is 1.21 bits per heavy atom. The number of aliphatic carboxylic acids is 3. The molecule has 4 unspecified atom stereocenters. The predicted molar refractivity (Wildman–Crippen MR) is 114 cm³/mol. The number of primary amides is 1. The van der Waals surface area contributed by atoms with Gasteiger partial charge in [-0.15, -0.1) is 0 Å². The first-order valence-corrected chi connectivity index (χ1v) is 10.3. The molecule has 0 aliphatic carbocycles. The van der Waals surface area contributed by atoms with Crippen LogP contribution in [0.5, 0.6) is 0 Å². The fraction of sp³-hybridized carbons (Fsp3) is 0.632. The van der Waals surface area contributed by atoms with Gasteiger partial charge in [0.1, 0.15) is 18.1 Å². The molecule has 0 spiro atoms. The summed E-state index contributed by atoms with van der Waals surface area (Å²) in [6, 6.07) is -5.78. The fourth-order valence-corrected chi connectivity index (χ4v) is 2.68. The third kappa shape index (κ3) is 11.8. The molecule has 15 heteroatoms. The van der Waals surface area contributed by atoms with Crippen LogP contribution >= 0.6 is 0 Å². The topological polar surface area (TPSA) is 268 Å². The highest BCUT2D eigenvalue weighted by molar-refractivity contribution is 5.96. The summed E-state index contributed by atoms with van der Waals surface area (Å²) in [5.41, 5.74) is 10.7. The van der Waals surface area contributed by atoms with Crippen molar-refractivity contribution in [2.45, 2.75) is 70.1 Å². The van der Waals surface area contributed by atoms with Crippen LogP contribution in [-0.4, -0.2) is 81.0 Å². The second-order valence-electron chi connectivity index (χ2n) is 7.83. The SMILES string of the molecule is CC(C)C(NC(=O)C(CCC(=O)O)NC(=O)C(CC(N)=O)NC(=O)C(N)CCC(=O)O)C(=O)O. The third-order valence-corrected chi connectivity index (χ3v) is 4.55. The molecule has 0 aromatic carbocycles. The third-order valence-electron chi connectivity index (χ3n) is 4.55. The number of hydrogen-bond donors (Lipinski definition) is 8. The molecule has 4 amide bonds.